The highest BCUT2D eigenvalue weighted by Crippen LogP contribution is 2.10. The molecule has 6 nitrogen and oxygen atoms in total. The van der Waals surface area contributed by atoms with E-state index in [1.54, 1.807) is 0 Å². The van der Waals surface area contributed by atoms with Crippen molar-refractivity contribution >= 4 is 21.6 Å². The zero-order chi connectivity index (χ0) is 13.1. The summed E-state index contributed by atoms with van der Waals surface area (Å²) >= 11 is 5.47. The third kappa shape index (κ3) is 3.88. The van der Waals surface area contributed by atoms with Gasteiger partial charge in [0.1, 0.15) is 4.90 Å². The summed E-state index contributed by atoms with van der Waals surface area (Å²) in [6, 6.07) is -0.546. The van der Waals surface area contributed by atoms with Gasteiger partial charge in [-0.1, -0.05) is 13.8 Å². The average Bonchev–Trinajstić information content (AvgIpc) is 2.26. The minimum absolute atomic E-state index is 0.0217. The number of hydrogen-bond acceptors (Lipinski definition) is 5. The van der Waals surface area contributed by atoms with Crippen molar-refractivity contribution in [3.05, 3.63) is 17.7 Å². The van der Waals surface area contributed by atoms with Gasteiger partial charge < -0.3 is 5.11 Å². The van der Waals surface area contributed by atoms with Crippen molar-refractivity contribution in [2.24, 2.45) is 5.92 Å². The van der Waals surface area contributed by atoms with Crippen molar-refractivity contribution in [1.82, 2.24) is 14.7 Å². The van der Waals surface area contributed by atoms with Gasteiger partial charge in [-0.05, 0) is 17.5 Å². The van der Waals surface area contributed by atoms with Crippen molar-refractivity contribution < 1.29 is 13.5 Å². The van der Waals surface area contributed by atoms with Gasteiger partial charge in [-0.15, -0.1) is 0 Å². The van der Waals surface area contributed by atoms with Crippen LogP contribution in [-0.4, -0.2) is 36.1 Å². The molecule has 0 fully saturated rings. The number of hydrogen-bond donors (Lipinski definition) is 2. The maximum Gasteiger partial charge on any atom is 0.243 e. The third-order valence-electron chi connectivity index (χ3n) is 2.21. The van der Waals surface area contributed by atoms with Crippen LogP contribution < -0.4 is 4.72 Å². The van der Waals surface area contributed by atoms with Crippen molar-refractivity contribution in [1.29, 1.82) is 0 Å². The first-order chi connectivity index (χ1) is 7.86. The molecule has 8 heteroatoms. The van der Waals surface area contributed by atoms with E-state index < -0.39 is 16.1 Å². The molecule has 0 aliphatic rings. The Morgan fingerprint density at radius 3 is 2.35 bits per heavy atom. The fourth-order valence-electron chi connectivity index (χ4n) is 1.09. The molecule has 0 bridgehead atoms. The van der Waals surface area contributed by atoms with Gasteiger partial charge in [-0.25, -0.2) is 23.1 Å². The summed E-state index contributed by atoms with van der Waals surface area (Å²) < 4.78 is 26.1. The van der Waals surface area contributed by atoms with E-state index >= 15 is 0 Å². The molecule has 1 rings (SSSR count). The number of sulfonamides is 1. The van der Waals surface area contributed by atoms with Crippen LogP contribution in [0, 0.1) is 5.92 Å². The van der Waals surface area contributed by atoms with E-state index in [9.17, 15) is 8.42 Å². The van der Waals surface area contributed by atoms with Crippen LogP contribution in [0.15, 0.2) is 17.3 Å². The Balaban J connectivity index is 2.92. The van der Waals surface area contributed by atoms with E-state index in [1.807, 2.05) is 13.8 Å². The molecule has 1 unspecified atom stereocenters. The summed E-state index contributed by atoms with van der Waals surface area (Å²) in [5.41, 5.74) is 0. The van der Waals surface area contributed by atoms with E-state index in [2.05, 4.69) is 14.7 Å². The van der Waals surface area contributed by atoms with Gasteiger partial charge in [0.05, 0.1) is 19.0 Å². The summed E-state index contributed by atoms with van der Waals surface area (Å²) in [4.78, 5) is 7.11. The van der Waals surface area contributed by atoms with E-state index in [0.29, 0.717) is 0 Å². The Morgan fingerprint density at radius 2 is 1.94 bits per heavy atom. The fraction of sp³-hybridized carbons (Fsp3) is 0.556. The molecule has 0 radical (unpaired) electrons. The van der Waals surface area contributed by atoms with E-state index in [-0.39, 0.29) is 22.7 Å². The lowest BCUT2D eigenvalue weighted by molar-refractivity contribution is 0.227. The Labute approximate surface area is 105 Å². The molecule has 2 N–H and O–H groups in total. The standard InChI is InChI=1S/C9H14ClN3O3S/c1-6(2)8(5-14)13-17(15,16)7-3-11-9(10)12-4-7/h3-4,6,8,13-14H,5H2,1-2H3. The first kappa shape index (κ1) is 14.3. The highest BCUT2D eigenvalue weighted by atomic mass is 35.5. The van der Waals surface area contributed by atoms with Crippen LogP contribution in [0.2, 0.25) is 5.28 Å². The van der Waals surface area contributed by atoms with E-state index in [1.165, 1.54) is 0 Å². The fourth-order valence-corrected chi connectivity index (χ4v) is 2.45. The molecule has 0 spiro atoms. The minimum atomic E-state index is -3.73. The van der Waals surface area contributed by atoms with Crippen LogP contribution in [0.25, 0.3) is 0 Å². The summed E-state index contributed by atoms with van der Waals surface area (Å²) in [6.07, 6.45) is 2.23. The molecule has 0 aromatic carbocycles. The molecule has 17 heavy (non-hydrogen) atoms. The van der Waals surface area contributed by atoms with Crippen LogP contribution >= 0.6 is 11.6 Å². The number of nitrogens with zero attached hydrogens (tertiary/aromatic N) is 2. The third-order valence-corrected chi connectivity index (χ3v) is 3.85. The second-order valence-electron chi connectivity index (χ2n) is 3.84. The number of rotatable bonds is 5. The summed E-state index contributed by atoms with van der Waals surface area (Å²) in [7, 11) is -3.73. The Kier molecular flexibility index (Phi) is 4.81. The number of halogens is 1. The normalized spacial score (nSPS) is 13.9. The lowest BCUT2D eigenvalue weighted by atomic mass is 10.1. The SMILES string of the molecule is CC(C)C(CO)NS(=O)(=O)c1cnc(Cl)nc1. The molecule has 1 heterocycles. The lowest BCUT2D eigenvalue weighted by Gasteiger charge is -2.19. The van der Waals surface area contributed by atoms with Crippen molar-refractivity contribution in [3.8, 4) is 0 Å². The van der Waals surface area contributed by atoms with Crippen molar-refractivity contribution in [3.63, 3.8) is 0 Å². The molecular weight excluding hydrogens is 266 g/mol. The second kappa shape index (κ2) is 5.72. The first-order valence-corrected chi connectivity index (χ1v) is 6.83. The van der Waals surface area contributed by atoms with Crippen LogP contribution in [0.1, 0.15) is 13.8 Å². The van der Waals surface area contributed by atoms with Gasteiger partial charge in [0.25, 0.3) is 0 Å². The molecule has 0 aliphatic heterocycles. The average molecular weight is 280 g/mol. The maximum absolute atomic E-state index is 11.9. The minimum Gasteiger partial charge on any atom is -0.395 e. The van der Waals surface area contributed by atoms with Gasteiger partial charge in [-0.2, -0.15) is 0 Å². The highest BCUT2D eigenvalue weighted by molar-refractivity contribution is 7.89. The maximum atomic E-state index is 11.9. The van der Waals surface area contributed by atoms with Crippen molar-refractivity contribution in [2.75, 3.05) is 6.61 Å². The molecule has 1 atom stereocenters. The summed E-state index contributed by atoms with van der Waals surface area (Å²) in [5.74, 6) is -0.0250. The topological polar surface area (TPSA) is 92.2 Å². The van der Waals surface area contributed by atoms with E-state index in [4.69, 9.17) is 16.7 Å². The van der Waals surface area contributed by atoms with Crippen LogP contribution in [0.5, 0.6) is 0 Å². The smallest absolute Gasteiger partial charge is 0.243 e. The monoisotopic (exact) mass is 279 g/mol. The van der Waals surface area contributed by atoms with Crippen molar-refractivity contribution in [2.45, 2.75) is 24.8 Å². The highest BCUT2D eigenvalue weighted by Gasteiger charge is 2.22. The van der Waals surface area contributed by atoms with Gasteiger partial charge in [-0.3, -0.25) is 0 Å². The van der Waals surface area contributed by atoms with E-state index in [0.717, 1.165) is 12.4 Å². The number of aromatic nitrogens is 2. The Morgan fingerprint density at radius 1 is 1.41 bits per heavy atom. The van der Waals surface area contributed by atoms with Gasteiger partial charge in [0.2, 0.25) is 15.3 Å². The first-order valence-electron chi connectivity index (χ1n) is 4.97. The second-order valence-corrected chi connectivity index (χ2v) is 5.89. The molecule has 0 amide bonds. The zero-order valence-electron chi connectivity index (χ0n) is 9.46. The molecule has 0 saturated carbocycles. The largest absolute Gasteiger partial charge is 0.395 e. The van der Waals surface area contributed by atoms with Crippen LogP contribution in [0.4, 0.5) is 0 Å². The Hall–Kier alpha value is -0.760. The molecule has 96 valence electrons. The quantitative estimate of drug-likeness (QED) is 0.763. The summed E-state index contributed by atoms with van der Waals surface area (Å²) in [5, 5.41) is 9.05. The number of aliphatic hydroxyl groups excluding tert-OH is 1. The number of aliphatic hydroxyl groups is 1. The van der Waals surface area contributed by atoms with Gasteiger partial charge in [0.15, 0.2) is 0 Å². The van der Waals surface area contributed by atoms with Crippen LogP contribution in [0.3, 0.4) is 0 Å². The predicted octanol–water partition coefficient (Wildman–Crippen LogP) is 0.425. The molecule has 0 saturated heterocycles. The Bertz CT molecular complexity index is 461. The molecule has 1 aromatic rings. The molecule has 1 aromatic heterocycles. The number of nitrogens with one attached hydrogen (secondary N) is 1. The van der Waals surface area contributed by atoms with Gasteiger partial charge >= 0.3 is 0 Å². The predicted molar refractivity (Wildman–Crippen MR) is 63.1 cm³/mol. The molecule has 0 aliphatic carbocycles. The lowest BCUT2D eigenvalue weighted by Crippen LogP contribution is -2.41. The van der Waals surface area contributed by atoms with Crippen LogP contribution in [-0.2, 0) is 10.0 Å². The summed E-state index contributed by atoms with van der Waals surface area (Å²) in [6.45, 7) is 3.34. The zero-order valence-corrected chi connectivity index (χ0v) is 11.0. The van der Waals surface area contributed by atoms with Gasteiger partial charge in [0, 0.05) is 6.04 Å². The molecular formula is C9H14ClN3O3S.